The van der Waals surface area contributed by atoms with Crippen LogP contribution in [0, 0.1) is 19.7 Å². The number of likely N-dealkylation sites (N-methyl/N-ethyl adjacent to an activating group) is 1. The van der Waals surface area contributed by atoms with Crippen LogP contribution in [0.1, 0.15) is 56.3 Å². The van der Waals surface area contributed by atoms with E-state index >= 15 is 0 Å². The van der Waals surface area contributed by atoms with E-state index < -0.39 is 0 Å². The minimum atomic E-state index is -0.0899. The van der Waals surface area contributed by atoms with Gasteiger partial charge in [-0.1, -0.05) is 13.0 Å². The van der Waals surface area contributed by atoms with Gasteiger partial charge in [-0.3, -0.25) is 4.90 Å². The van der Waals surface area contributed by atoms with Crippen LogP contribution in [0.4, 0.5) is 4.39 Å². The predicted octanol–water partition coefficient (Wildman–Crippen LogP) is 3.97. The summed E-state index contributed by atoms with van der Waals surface area (Å²) < 4.78 is 14.6. The summed E-state index contributed by atoms with van der Waals surface area (Å²) in [7, 11) is 0. The van der Waals surface area contributed by atoms with Crippen LogP contribution in [0.3, 0.4) is 0 Å². The largest absolute Gasteiger partial charge is 0.309 e. The van der Waals surface area contributed by atoms with Gasteiger partial charge in [0.2, 0.25) is 0 Å². The molecule has 0 aliphatic carbocycles. The van der Waals surface area contributed by atoms with Crippen LogP contribution in [0.5, 0.6) is 0 Å². The molecule has 118 valence electrons. The summed E-state index contributed by atoms with van der Waals surface area (Å²) in [5.74, 6) is -0.0780. The highest BCUT2D eigenvalue weighted by Crippen LogP contribution is 2.36. The fourth-order valence-corrected chi connectivity index (χ4v) is 3.68. The number of likely N-dealkylation sites (tertiary alicyclic amines) is 1. The molecule has 1 aliphatic rings. The number of nitrogens with zero attached hydrogens (tertiary/aromatic N) is 1. The molecule has 1 aliphatic heterocycles. The second-order valence-corrected chi connectivity index (χ2v) is 6.82. The summed E-state index contributed by atoms with van der Waals surface area (Å²) in [5.41, 5.74) is 2.78. The van der Waals surface area contributed by atoms with Crippen LogP contribution in [0.25, 0.3) is 0 Å². The number of rotatable bonds is 5. The Morgan fingerprint density at radius 3 is 2.38 bits per heavy atom. The molecular formula is C18H29FN2. The predicted molar refractivity (Wildman–Crippen MR) is 87.2 cm³/mol. The van der Waals surface area contributed by atoms with E-state index in [2.05, 4.69) is 37.1 Å². The molecule has 1 unspecified atom stereocenters. The lowest BCUT2D eigenvalue weighted by Crippen LogP contribution is -2.52. The number of halogens is 1. The van der Waals surface area contributed by atoms with Crippen molar-refractivity contribution in [3.05, 3.63) is 34.6 Å². The zero-order chi connectivity index (χ0) is 15.6. The van der Waals surface area contributed by atoms with Crippen LogP contribution < -0.4 is 5.32 Å². The lowest BCUT2D eigenvalue weighted by Gasteiger charge is -2.43. The van der Waals surface area contributed by atoms with E-state index in [1.54, 1.807) is 6.07 Å². The first-order chi connectivity index (χ1) is 9.87. The molecule has 21 heavy (non-hydrogen) atoms. The SMILES string of the molecule is CCNC(c1c(C)cc(C)cc1F)C(C)(C)N1CCCC1. The van der Waals surface area contributed by atoms with Gasteiger partial charge in [0, 0.05) is 11.1 Å². The third kappa shape index (κ3) is 3.29. The maximum absolute atomic E-state index is 14.6. The van der Waals surface area contributed by atoms with Crippen molar-refractivity contribution in [1.29, 1.82) is 0 Å². The number of aryl methyl sites for hydroxylation is 2. The zero-order valence-electron chi connectivity index (χ0n) is 14.1. The van der Waals surface area contributed by atoms with Gasteiger partial charge in [-0.25, -0.2) is 4.39 Å². The number of hydrogen-bond acceptors (Lipinski definition) is 2. The van der Waals surface area contributed by atoms with E-state index in [-0.39, 0.29) is 17.4 Å². The van der Waals surface area contributed by atoms with Crippen molar-refractivity contribution in [2.24, 2.45) is 0 Å². The maximum atomic E-state index is 14.6. The highest BCUT2D eigenvalue weighted by Gasteiger charge is 2.39. The third-order valence-electron chi connectivity index (χ3n) is 4.81. The van der Waals surface area contributed by atoms with Gasteiger partial charge in [0.15, 0.2) is 0 Å². The van der Waals surface area contributed by atoms with Crippen LogP contribution in [-0.4, -0.2) is 30.1 Å². The van der Waals surface area contributed by atoms with Gasteiger partial charge >= 0.3 is 0 Å². The Kier molecular flexibility index (Phi) is 5.05. The summed E-state index contributed by atoms with van der Waals surface area (Å²) in [6.07, 6.45) is 2.50. The minimum Gasteiger partial charge on any atom is -0.309 e. The average Bonchev–Trinajstić information content (AvgIpc) is 2.91. The standard InChI is InChI=1S/C18H29FN2/c1-6-20-17(18(4,5)21-9-7-8-10-21)16-14(3)11-13(2)12-15(16)19/h11-12,17,20H,6-10H2,1-5H3. The highest BCUT2D eigenvalue weighted by molar-refractivity contribution is 5.36. The second kappa shape index (κ2) is 6.45. The van der Waals surface area contributed by atoms with Gasteiger partial charge in [0.1, 0.15) is 5.82 Å². The molecule has 0 spiro atoms. The first-order valence-electron chi connectivity index (χ1n) is 8.13. The topological polar surface area (TPSA) is 15.3 Å². The zero-order valence-corrected chi connectivity index (χ0v) is 14.1. The van der Waals surface area contributed by atoms with E-state index in [1.165, 1.54) is 12.8 Å². The average molecular weight is 292 g/mol. The van der Waals surface area contributed by atoms with Crippen molar-refractivity contribution in [3.8, 4) is 0 Å². The first kappa shape index (κ1) is 16.4. The van der Waals surface area contributed by atoms with E-state index in [4.69, 9.17) is 0 Å². The van der Waals surface area contributed by atoms with E-state index in [9.17, 15) is 4.39 Å². The summed E-state index contributed by atoms with van der Waals surface area (Å²) in [6, 6.07) is 3.76. The van der Waals surface area contributed by atoms with Crippen molar-refractivity contribution in [3.63, 3.8) is 0 Å². The van der Waals surface area contributed by atoms with Gasteiger partial charge in [-0.2, -0.15) is 0 Å². The van der Waals surface area contributed by atoms with Gasteiger partial charge in [-0.15, -0.1) is 0 Å². The molecule has 0 bridgehead atoms. The normalized spacial score (nSPS) is 18.2. The van der Waals surface area contributed by atoms with Gasteiger partial charge in [0.25, 0.3) is 0 Å². The minimum absolute atomic E-state index is 0.0150. The Bertz CT molecular complexity index is 467. The molecule has 1 aromatic carbocycles. The van der Waals surface area contributed by atoms with E-state index in [0.717, 1.165) is 36.3 Å². The van der Waals surface area contributed by atoms with Crippen molar-refractivity contribution in [2.75, 3.05) is 19.6 Å². The number of benzene rings is 1. The fourth-order valence-electron chi connectivity index (χ4n) is 3.68. The molecule has 1 N–H and O–H groups in total. The van der Waals surface area contributed by atoms with Crippen LogP contribution in [0.15, 0.2) is 12.1 Å². The Morgan fingerprint density at radius 1 is 1.24 bits per heavy atom. The molecule has 1 saturated heterocycles. The quantitative estimate of drug-likeness (QED) is 0.883. The molecule has 0 saturated carbocycles. The Morgan fingerprint density at radius 2 is 1.86 bits per heavy atom. The summed E-state index contributed by atoms with van der Waals surface area (Å²) in [6.45, 7) is 13.6. The van der Waals surface area contributed by atoms with E-state index in [0.29, 0.717) is 0 Å². The Balaban J connectivity index is 2.43. The fraction of sp³-hybridized carbons (Fsp3) is 0.667. The molecule has 0 aromatic heterocycles. The van der Waals surface area contributed by atoms with Crippen molar-refractivity contribution in [2.45, 2.75) is 59.0 Å². The number of nitrogens with one attached hydrogen (secondary N) is 1. The number of hydrogen-bond donors (Lipinski definition) is 1. The molecule has 3 heteroatoms. The second-order valence-electron chi connectivity index (χ2n) is 6.82. The van der Waals surface area contributed by atoms with E-state index in [1.807, 2.05) is 13.8 Å². The highest BCUT2D eigenvalue weighted by atomic mass is 19.1. The van der Waals surface area contributed by atoms with Gasteiger partial charge in [-0.05, 0) is 77.4 Å². The van der Waals surface area contributed by atoms with Crippen LogP contribution in [-0.2, 0) is 0 Å². The molecule has 0 radical (unpaired) electrons. The maximum Gasteiger partial charge on any atom is 0.128 e. The molecule has 1 aromatic rings. The molecular weight excluding hydrogens is 263 g/mol. The molecule has 1 heterocycles. The van der Waals surface area contributed by atoms with Crippen LogP contribution in [0.2, 0.25) is 0 Å². The Hall–Kier alpha value is -0.930. The van der Waals surface area contributed by atoms with Gasteiger partial charge in [0.05, 0.1) is 6.04 Å². The van der Waals surface area contributed by atoms with Gasteiger partial charge < -0.3 is 5.32 Å². The smallest absolute Gasteiger partial charge is 0.128 e. The van der Waals surface area contributed by atoms with Crippen molar-refractivity contribution < 1.29 is 4.39 Å². The lowest BCUT2D eigenvalue weighted by atomic mass is 9.84. The Labute approximate surface area is 128 Å². The molecule has 2 rings (SSSR count). The van der Waals surface area contributed by atoms with Crippen LogP contribution >= 0.6 is 0 Å². The molecule has 1 fully saturated rings. The summed E-state index contributed by atoms with van der Waals surface area (Å²) in [5, 5.41) is 3.54. The molecule has 0 amide bonds. The third-order valence-corrected chi connectivity index (χ3v) is 4.81. The first-order valence-corrected chi connectivity index (χ1v) is 8.13. The summed E-state index contributed by atoms with van der Waals surface area (Å²) >= 11 is 0. The lowest BCUT2D eigenvalue weighted by molar-refractivity contribution is 0.105. The molecule has 1 atom stereocenters. The molecule has 2 nitrogen and oxygen atoms in total. The summed E-state index contributed by atoms with van der Waals surface area (Å²) in [4.78, 5) is 2.50. The van der Waals surface area contributed by atoms with Crippen molar-refractivity contribution >= 4 is 0 Å². The van der Waals surface area contributed by atoms with Crippen molar-refractivity contribution in [1.82, 2.24) is 10.2 Å². The monoisotopic (exact) mass is 292 g/mol.